The number of nitrogens with zero attached hydrogens (tertiary/aromatic N) is 3. The van der Waals surface area contributed by atoms with Crippen molar-refractivity contribution >= 4 is 106 Å². The summed E-state index contributed by atoms with van der Waals surface area (Å²) in [5, 5.41) is 10.5. The zero-order valence-corrected chi connectivity index (χ0v) is 26.9. The molecule has 0 N–H and O–H groups in total. The van der Waals surface area contributed by atoms with Crippen molar-refractivity contribution in [2.24, 2.45) is 0 Å². The smallest absolute Gasteiger partial charge is 0.333 e. The van der Waals surface area contributed by atoms with Gasteiger partial charge in [0.1, 0.15) is 0 Å². The second-order valence-electron chi connectivity index (χ2n) is 14.1. The average molecular weight is 632 g/mol. The summed E-state index contributed by atoms with van der Waals surface area (Å²) in [6.45, 7) is 0.0420. The van der Waals surface area contributed by atoms with Gasteiger partial charge in [-0.05, 0) is 69.7 Å². The van der Waals surface area contributed by atoms with Crippen molar-refractivity contribution in [2.45, 2.75) is 0 Å². The summed E-state index contributed by atoms with van der Waals surface area (Å²) in [4.78, 5) is 2.47. The molecule has 4 heteroatoms. The molecule has 0 saturated carbocycles. The summed E-state index contributed by atoms with van der Waals surface area (Å²) in [6, 6.07) is 58.8. The van der Waals surface area contributed by atoms with Crippen LogP contribution in [-0.2, 0) is 0 Å². The third-order valence-electron chi connectivity index (χ3n) is 11.7. The molecule has 0 radical (unpaired) electrons. The molecule has 0 saturated heterocycles. The van der Waals surface area contributed by atoms with E-state index in [1.165, 1.54) is 98.4 Å². The molecule has 13 rings (SSSR count). The summed E-state index contributed by atoms with van der Waals surface area (Å²) < 4.78 is 5.32. The quantitative estimate of drug-likeness (QED) is 0.177. The van der Waals surface area contributed by atoms with E-state index in [1.807, 2.05) is 0 Å². The summed E-state index contributed by atoms with van der Waals surface area (Å²) in [6.07, 6.45) is 0. The maximum Gasteiger partial charge on any atom is 0.333 e. The van der Waals surface area contributed by atoms with Gasteiger partial charge in [-0.3, -0.25) is 0 Å². The number of benzene rings is 8. The number of fused-ring (bicyclic) bond motifs is 9. The third-order valence-corrected chi connectivity index (χ3v) is 11.7. The molecule has 5 heterocycles. The van der Waals surface area contributed by atoms with Crippen LogP contribution in [0.15, 0.2) is 158 Å². The summed E-state index contributed by atoms with van der Waals surface area (Å²) >= 11 is 0. The van der Waals surface area contributed by atoms with E-state index in [-0.39, 0.29) is 6.85 Å². The van der Waals surface area contributed by atoms with Gasteiger partial charge < -0.3 is 13.8 Å². The average Bonchev–Trinajstić information content (AvgIpc) is 3.82. The van der Waals surface area contributed by atoms with Crippen LogP contribution in [0.3, 0.4) is 0 Å². The number of hydrogen-bond acceptors (Lipinski definition) is 1. The summed E-state index contributed by atoms with van der Waals surface area (Å²) in [5.74, 6) is 0. The van der Waals surface area contributed by atoms with Gasteiger partial charge in [0, 0.05) is 60.3 Å². The fraction of sp³-hybridized carbons (Fsp3) is 0. The first kappa shape index (κ1) is 25.5. The fourth-order valence-electron chi connectivity index (χ4n) is 9.91. The van der Waals surface area contributed by atoms with Crippen LogP contribution in [0.25, 0.3) is 81.8 Å². The lowest BCUT2D eigenvalue weighted by Gasteiger charge is -2.34. The van der Waals surface area contributed by atoms with E-state index >= 15 is 0 Å². The molecular weight excluding hydrogens is 605 g/mol. The zero-order valence-electron chi connectivity index (χ0n) is 26.9. The number of para-hydroxylation sites is 5. The van der Waals surface area contributed by atoms with Gasteiger partial charge in [-0.25, -0.2) is 0 Å². The molecule has 3 aromatic heterocycles. The Morgan fingerprint density at radius 1 is 0.440 bits per heavy atom. The number of aromatic nitrogens is 2. The van der Waals surface area contributed by atoms with Gasteiger partial charge in [-0.2, -0.15) is 0 Å². The molecule has 2 aliphatic rings. The van der Waals surface area contributed by atoms with Gasteiger partial charge in [0.05, 0.1) is 22.2 Å². The molecule has 0 atom stereocenters. The van der Waals surface area contributed by atoms with E-state index in [0.717, 1.165) is 11.4 Å². The molecule has 0 unspecified atom stereocenters. The lowest BCUT2D eigenvalue weighted by Crippen LogP contribution is -2.53. The third kappa shape index (κ3) is 2.85. The van der Waals surface area contributed by atoms with E-state index < -0.39 is 0 Å². The maximum absolute atomic E-state index is 2.69. The summed E-state index contributed by atoms with van der Waals surface area (Å²) in [5.41, 5.74) is 15.6. The van der Waals surface area contributed by atoms with Crippen molar-refractivity contribution < 1.29 is 0 Å². The van der Waals surface area contributed by atoms with E-state index in [0.29, 0.717) is 0 Å². The molecule has 2 aliphatic heterocycles. The Kier molecular flexibility index (Phi) is 4.45. The maximum atomic E-state index is 2.69. The predicted molar refractivity (Wildman–Crippen MR) is 212 cm³/mol. The van der Waals surface area contributed by atoms with Crippen LogP contribution in [0, 0.1) is 0 Å². The van der Waals surface area contributed by atoms with E-state index in [9.17, 15) is 0 Å². The molecule has 0 fully saturated rings. The molecule has 0 aliphatic carbocycles. The molecule has 0 spiro atoms. The summed E-state index contributed by atoms with van der Waals surface area (Å²) in [7, 11) is 0. The Balaban J connectivity index is 1.30. The first-order chi connectivity index (χ1) is 24.8. The number of rotatable bonds is 3. The monoisotopic (exact) mass is 631 g/mol. The second-order valence-corrected chi connectivity index (χ2v) is 14.1. The Morgan fingerprint density at radius 3 is 1.82 bits per heavy atom. The van der Waals surface area contributed by atoms with Crippen LogP contribution < -0.4 is 15.8 Å². The highest BCUT2D eigenvalue weighted by atomic mass is 15.1. The highest BCUT2D eigenvalue weighted by molar-refractivity contribution is 6.91. The van der Waals surface area contributed by atoms with Crippen LogP contribution in [0.4, 0.5) is 17.1 Å². The van der Waals surface area contributed by atoms with Crippen molar-refractivity contribution in [3.05, 3.63) is 158 Å². The first-order valence-corrected chi connectivity index (χ1v) is 17.5. The first-order valence-electron chi connectivity index (χ1n) is 17.5. The van der Waals surface area contributed by atoms with E-state index in [4.69, 9.17) is 0 Å². The predicted octanol–water partition coefficient (Wildman–Crippen LogP) is 10.5. The van der Waals surface area contributed by atoms with Crippen molar-refractivity contribution in [2.75, 3.05) is 4.90 Å². The van der Waals surface area contributed by atoms with E-state index in [1.54, 1.807) is 0 Å². The lowest BCUT2D eigenvalue weighted by molar-refractivity contribution is 1.28. The van der Waals surface area contributed by atoms with Crippen LogP contribution in [0.1, 0.15) is 0 Å². The molecule has 0 amide bonds. The van der Waals surface area contributed by atoms with Crippen LogP contribution in [-0.4, -0.2) is 15.7 Å². The van der Waals surface area contributed by atoms with E-state index in [2.05, 4.69) is 172 Å². The minimum atomic E-state index is 0.0420. The Hall–Kier alpha value is -6.52. The Labute approximate surface area is 287 Å². The van der Waals surface area contributed by atoms with Gasteiger partial charge >= 0.3 is 6.85 Å². The van der Waals surface area contributed by atoms with Crippen molar-refractivity contribution in [3.8, 4) is 11.1 Å². The molecule has 11 aromatic rings. The van der Waals surface area contributed by atoms with Crippen molar-refractivity contribution in [1.82, 2.24) is 8.88 Å². The standard InChI is InChI=1S/C46H26BN3/c1-3-14-29(15-4-1)48(30-16-5-2-6-17-30)40-26-37-34-20-9-19-33-36-24-27-12-7-8-13-28(27)25-39(36)50(44(33)34)47-38-23-11-21-32-31-18-10-22-35-41(40)46(42(37)47)49(43(31)35)45(32)38/h1-26H. The van der Waals surface area contributed by atoms with Gasteiger partial charge in [-0.1, -0.05) is 115 Å². The minimum absolute atomic E-state index is 0.0420. The van der Waals surface area contributed by atoms with Gasteiger partial charge in [0.25, 0.3) is 0 Å². The molecule has 3 nitrogen and oxygen atoms in total. The van der Waals surface area contributed by atoms with Gasteiger partial charge in [0.15, 0.2) is 0 Å². The molecule has 0 bridgehead atoms. The van der Waals surface area contributed by atoms with Gasteiger partial charge in [-0.15, -0.1) is 0 Å². The van der Waals surface area contributed by atoms with Crippen LogP contribution in [0.5, 0.6) is 0 Å². The topological polar surface area (TPSA) is 12.6 Å². The molecule has 50 heavy (non-hydrogen) atoms. The van der Waals surface area contributed by atoms with Crippen LogP contribution >= 0.6 is 0 Å². The highest BCUT2D eigenvalue weighted by Crippen LogP contribution is 2.50. The minimum Gasteiger partial charge on any atom is -0.375 e. The highest BCUT2D eigenvalue weighted by Gasteiger charge is 2.42. The molecule has 228 valence electrons. The Morgan fingerprint density at radius 2 is 1.06 bits per heavy atom. The van der Waals surface area contributed by atoms with Crippen molar-refractivity contribution in [3.63, 3.8) is 0 Å². The SMILES string of the molecule is c1ccc(N(c2ccccc2)c2cc3c4c5c2c2cccc6c7cccc(c7n5c62)B4n2c4cc5ccccc5cc4c4cccc-3c42)cc1. The zero-order chi connectivity index (χ0) is 32.2. The van der Waals surface area contributed by atoms with Crippen molar-refractivity contribution in [1.29, 1.82) is 0 Å². The van der Waals surface area contributed by atoms with Gasteiger partial charge in [0.2, 0.25) is 0 Å². The molecular formula is C46H26BN3. The largest absolute Gasteiger partial charge is 0.375 e. The fourth-order valence-corrected chi connectivity index (χ4v) is 9.91. The second kappa shape index (κ2) is 8.74. The van der Waals surface area contributed by atoms with Crippen LogP contribution in [0.2, 0.25) is 0 Å². The number of hydrogen-bond donors (Lipinski definition) is 0. The number of anilines is 3. The Bertz CT molecular complexity index is 3220. The molecule has 8 aromatic carbocycles. The normalized spacial score (nSPS) is 13.2. The lowest BCUT2D eigenvalue weighted by atomic mass is 9.46.